The van der Waals surface area contributed by atoms with Gasteiger partial charge < -0.3 is 10.4 Å². The largest absolute Gasteiger partial charge is 0.389 e. The molecule has 1 aliphatic rings. The van der Waals surface area contributed by atoms with Crippen LogP contribution in [0.1, 0.15) is 44.2 Å². The van der Waals surface area contributed by atoms with Crippen LogP contribution in [0.15, 0.2) is 12.3 Å². The first kappa shape index (κ1) is 13.6. The number of nitrogens with one attached hydrogen (secondary N) is 1. The fourth-order valence-corrected chi connectivity index (χ4v) is 2.70. The molecule has 0 radical (unpaired) electrons. The first-order valence-electron chi connectivity index (χ1n) is 7.10. The predicted octanol–water partition coefficient (Wildman–Crippen LogP) is 1.64. The third-order valence-electron chi connectivity index (χ3n) is 3.82. The molecule has 1 saturated carbocycles. The molecule has 102 valence electrons. The van der Waals surface area contributed by atoms with Gasteiger partial charge in [-0.15, -0.1) is 0 Å². The molecule has 0 aliphatic heterocycles. The minimum atomic E-state index is -0.472. The van der Waals surface area contributed by atoms with Gasteiger partial charge in [-0.2, -0.15) is 5.10 Å². The summed E-state index contributed by atoms with van der Waals surface area (Å²) in [6.07, 6.45) is 9.67. The van der Waals surface area contributed by atoms with Crippen molar-refractivity contribution in [2.75, 3.05) is 13.1 Å². The molecule has 4 heteroatoms. The van der Waals surface area contributed by atoms with Crippen LogP contribution < -0.4 is 5.32 Å². The Balaban J connectivity index is 1.67. The lowest BCUT2D eigenvalue weighted by molar-refractivity contribution is 0.0256. The summed E-state index contributed by atoms with van der Waals surface area (Å²) in [5.41, 5.74) is 0.638. The van der Waals surface area contributed by atoms with Gasteiger partial charge in [0, 0.05) is 32.8 Å². The van der Waals surface area contributed by atoms with E-state index in [1.165, 1.54) is 25.7 Å². The SMILES string of the molecule is Cn1ccc(CCNCC2(O)CCCCCC2)n1. The number of rotatable bonds is 5. The lowest BCUT2D eigenvalue weighted by Crippen LogP contribution is -2.40. The van der Waals surface area contributed by atoms with Crippen LogP contribution >= 0.6 is 0 Å². The van der Waals surface area contributed by atoms with Crippen molar-refractivity contribution in [3.05, 3.63) is 18.0 Å². The first-order chi connectivity index (χ1) is 8.68. The van der Waals surface area contributed by atoms with Gasteiger partial charge in [-0.05, 0) is 18.9 Å². The molecule has 0 saturated heterocycles. The minimum Gasteiger partial charge on any atom is -0.389 e. The van der Waals surface area contributed by atoms with E-state index in [0.29, 0.717) is 0 Å². The van der Waals surface area contributed by atoms with Crippen molar-refractivity contribution in [1.82, 2.24) is 15.1 Å². The van der Waals surface area contributed by atoms with Gasteiger partial charge in [0.25, 0.3) is 0 Å². The van der Waals surface area contributed by atoms with Crippen LogP contribution in [0.4, 0.5) is 0 Å². The molecule has 2 N–H and O–H groups in total. The molecule has 0 amide bonds. The van der Waals surface area contributed by atoms with Crippen molar-refractivity contribution in [1.29, 1.82) is 0 Å². The summed E-state index contributed by atoms with van der Waals surface area (Å²) in [5.74, 6) is 0. The van der Waals surface area contributed by atoms with Gasteiger partial charge in [0.2, 0.25) is 0 Å². The van der Waals surface area contributed by atoms with Crippen molar-refractivity contribution < 1.29 is 5.11 Å². The Bertz CT molecular complexity index is 354. The van der Waals surface area contributed by atoms with Crippen LogP contribution in [-0.2, 0) is 13.5 Å². The molecule has 0 atom stereocenters. The summed E-state index contributed by atoms with van der Waals surface area (Å²) < 4.78 is 1.83. The topological polar surface area (TPSA) is 50.1 Å². The fraction of sp³-hybridized carbons (Fsp3) is 0.786. The zero-order valence-electron chi connectivity index (χ0n) is 11.4. The Kier molecular flexibility index (Phi) is 4.78. The van der Waals surface area contributed by atoms with E-state index in [1.54, 1.807) is 0 Å². The molecule has 0 unspecified atom stereocenters. The monoisotopic (exact) mass is 251 g/mol. The third kappa shape index (κ3) is 4.10. The van der Waals surface area contributed by atoms with Crippen LogP contribution in [0.5, 0.6) is 0 Å². The fourth-order valence-electron chi connectivity index (χ4n) is 2.70. The average Bonchev–Trinajstić information content (AvgIpc) is 2.63. The number of aromatic nitrogens is 2. The summed E-state index contributed by atoms with van der Waals surface area (Å²) in [7, 11) is 1.94. The maximum atomic E-state index is 10.5. The first-order valence-corrected chi connectivity index (χ1v) is 7.10. The van der Waals surface area contributed by atoms with Crippen molar-refractivity contribution >= 4 is 0 Å². The molecule has 0 aromatic carbocycles. The standard InChI is InChI=1S/C14H25N3O/c1-17-11-7-13(16-17)6-10-15-12-14(18)8-4-2-3-5-9-14/h7,11,15,18H,2-6,8-10,12H2,1H3. The molecule has 1 aromatic rings. The third-order valence-corrected chi connectivity index (χ3v) is 3.82. The minimum absolute atomic E-state index is 0.472. The number of hydrogen-bond donors (Lipinski definition) is 2. The molecule has 1 aliphatic carbocycles. The van der Waals surface area contributed by atoms with Crippen LogP contribution in [0.25, 0.3) is 0 Å². The number of nitrogens with zero attached hydrogens (tertiary/aromatic N) is 2. The van der Waals surface area contributed by atoms with Gasteiger partial charge in [-0.1, -0.05) is 25.7 Å². The molecular formula is C14H25N3O. The van der Waals surface area contributed by atoms with Gasteiger partial charge in [-0.3, -0.25) is 4.68 Å². The lowest BCUT2D eigenvalue weighted by atomic mass is 9.94. The normalized spacial score (nSPS) is 19.7. The van der Waals surface area contributed by atoms with Gasteiger partial charge in [0.05, 0.1) is 11.3 Å². The Hall–Kier alpha value is -0.870. The molecule has 2 rings (SSSR count). The smallest absolute Gasteiger partial charge is 0.0771 e. The molecule has 1 fully saturated rings. The average molecular weight is 251 g/mol. The van der Waals surface area contributed by atoms with Crippen LogP contribution in [0.2, 0.25) is 0 Å². The van der Waals surface area contributed by atoms with E-state index in [1.807, 2.05) is 24.0 Å². The maximum Gasteiger partial charge on any atom is 0.0771 e. The molecule has 1 heterocycles. The van der Waals surface area contributed by atoms with E-state index in [2.05, 4.69) is 10.4 Å². The van der Waals surface area contributed by atoms with Crippen LogP contribution in [0, 0.1) is 0 Å². The molecule has 18 heavy (non-hydrogen) atoms. The van der Waals surface area contributed by atoms with Crippen molar-refractivity contribution in [2.24, 2.45) is 7.05 Å². The Morgan fingerprint density at radius 1 is 1.33 bits per heavy atom. The quantitative estimate of drug-likeness (QED) is 0.618. The van der Waals surface area contributed by atoms with Gasteiger partial charge in [-0.25, -0.2) is 0 Å². The van der Waals surface area contributed by atoms with E-state index in [0.717, 1.165) is 38.0 Å². The highest BCUT2D eigenvalue weighted by atomic mass is 16.3. The summed E-state index contributed by atoms with van der Waals surface area (Å²) in [5, 5.41) is 18.2. The molecule has 0 spiro atoms. The predicted molar refractivity (Wildman–Crippen MR) is 72.4 cm³/mol. The zero-order chi connectivity index (χ0) is 12.8. The zero-order valence-corrected chi connectivity index (χ0v) is 11.4. The molecule has 4 nitrogen and oxygen atoms in total. The number of aryl methyl sites for hydroxylation is 1. The van der Waals surface area contributed by atoms with E-state index < -0.39 is 5.60 Å². The summed E-state index contributed by atoms with van der Waals surface area (Å²) in [6, 6.07) is 2.04. The van der Waals surface area contributed by atoms with Crippen LogP contribution in [0.3, 0.4) is 0 Å². The Labute approximate surface area is 109 Å². The maximum absolute atomic E-state index is 10.5. The molecular weight excluding hydrogens is 226 g/mol. The number of hydrogen-bond acceptors (Lipinski definition) is 3. The highest BCUT2D eigenvalue weighted by molar-refractivity contribution is 4.99. The second kappa shape index (κ2) is 6.34. The summed E-state index contributed by atoms with van der Waals surface area (Å²) >= 11 is 0. The molecule has 0 bridgehead atoms. The highest BCUT2D eigenvalue weighted by Gasteiger charge is 2.27. The van der Waals surface area contributed by atoms with Gasteiger partial charge >= 0.3 is 0 Å². The Morgan fingerprint density at radius 2 is 2.06 bits per heavy atom. The van der Waals surface area contributed by atoms with Crippen molar-refractivity contribution in [2.45, 2.75) is 50.5 Å². The van der Waals surface area contributed by atoms with E-state index in [-0.39, 0.29) is 0 Å². The lowest BCUT2D eigenvalue weighted by Gasteiger charge is -2.26. The van der Waals surface area contributed by atoms with E-state index >= 15 is 0 Å². The highest BCUT2D eigenvalue weighted by Crippen LogP contribution is 2.26. The summed E-state index contributed by atoms with van der Waals surface area (Å²) in [6.45, 7) is 1.61. The second-order valence-electron chi connectivity index (χ2n) is 5.55. The second-order valence-corrected chi connectivity index (χ2v) is 5.55. The summed E-state index contributed by atoms with van der Waals surface area (Å²) in [4.78, 5) is 0. The van der Waals surface area contributed by atoms with Gasteiger partial charge in [0.15, 0.2) is 0 Å². The number of aliphatic hydroxyl groups is 1. The van der Waals surface area contributed by atoms with Crippen molar-refractivity contribution in [3.8, 4) is 0 Å². The van der Waals surface area contributed by atoms with Gasteiger partial charge in [0.1, 0.15) is 0 Å². The molecule has 1 aromatic heterocycles. The van der Waals surface area contributed by atoms with E-state index in [9.17, 15) is 5.11 Å². The Morgan fingerprint density at radius 3 is 2.67 bits per heavy atom. The van der Waals surface area contributed by atoms with Crippen molar-refractivity contribution in [3.63, 3.8) is 0 Å². The van der Waals surface area contributed by atoms with E-state index in [4.69, 9.17) is 0 Å². The van der Waals surface area contributed by atoms with Crippen LogP contribution in [-0.4, -0.2) is 33.6 Å².